The lowest BCUT2D eigenvalue weighted by Crippen LogP contribution is -2.43. The van der Waals surface area contributed by atoms with Crippen LogP contribution in [0.3, 0.4) is 0 Å². The SMILES string of the molecule is O=C1C[C@H]2[C@@H](CCN2C(=O)C2CCOCC2)N1Cc1ccncc1. The first-order chi connectivity index (χ1) is 11.7. The van der Waals surface area contributed by atoms with Crippen LogP contribution in [0.2, 0.25) is 0 Å². The number of ether oxygens (including phenoxy) is 1. The van der Waals surface area contributed by atoms with Crippen molar-refractivity contribution in [1.29, 1.82) is 0 Å². The number of pyridine rings is 1. The molecule has 6 nitrogen and oxygen atoms in total. The maximum absolute atomic E-state index is 12.8. The van der Waals surface area contributed by atoms with Crippen LogP contribution in [0.5, 0.6) is 0 Å². The Morgan fingerprint density at radius 2 is 1.92 bits per heavy atom. The molecular weight excluding hydrogens is 306 g/mol. The van der Waals surface area contributed by atoms with Gasteiger partial charge in [-0.3, -0.25) is 14.6 Å². The van der Waals surface area contributed by atoms with Crippen LogP contribution in [-0.2, 0) is 20.9 Å². The standard InChI is InChI=1S/C18H23N3O3/c22-17-11-16-15(21(17)12-13-1-6-19-7-2-13)3-8-20(16)18(23)14-4-9-24-10-5-14/h1-2,6-7,14-16H,3-5,8-12H2/t15-,16+/m1/s1. The summed E-state index contributed by atoms with van der Waals surface area (Å²) in [5, 5.41) is 0. The topological polar surface area (TPSA) is 62.7 Å². The van der Waals surface area contributed by atoms with Crippen LogP contribution in [0.1, 0.15) is 31.2 Å². The Hall–Kier alpha value is -1.95. The van der Waals surface area contributed by atoms with Crippen LogP contribution in [0, 0.1) is 5.92 Å². The van der Waals surface area contributed by atoms with Gasteiger partial charge in [-0.05, 0) is 37.0 Å². The van der Waals surface area contributed by atoms with E-state index in [1.54, 1.807) is 12.4 Å². The second-order valence-electron chi connectivity index (χ2n) is 6.92. The monoisotopic (exact) mass is 329 g/mol. The first-order valence-electron chi connectivity index (χ1n) is 8.80. The maximum atomic E-state index is 12.8. The molecule has 0 radical (unpaired) electrons. The molecule has 3 aliphatic heterocycles. The normalized spacial score (nSPS) is 27.6. The molecule has 4 heterocycles. The molecule has 3 saturated heterocycles. The Balaban J connectivity index is 1.46. The molecule has 0 unspecified atom stereocenters. The van der Waals surface area contributed by atoms with Gasteiger partial charge in [0.15, 0.2) is 0 Å². The number of carbonyl (C=O) groups is 2. The fourth-order valence-corrected chi connectivity index (χ4v) is 4.27. The van der Waals surface area contributed by atoms with Crippen LogP contribution < -0.4 is 0 Å². The van der Waals surface area contributed by atoms with E-state index >= 15 is 0 Å². The number of rotatable bonds is 3. The zero-order valence-corrected chi connectivity index (χ0v) is 13.8. The molecule has 3 aliphatic rings. The zero-order chi connectivity index (χ0) is 16.5. The Morgan fingerprint density at radius 1 is 1.17 bits per heavy atom. The minimum atomic E-state index is 0.0506. The molecule has 0 aliphatic carbocycles. The van der Waals surface area contributed by atoms with Crippen molar-refractivity contribution < 1.29 is 14.3 Å². The van der Waals surface area contributed by atoms with E-state index in [1.807, 2.05) is 21.9 Å². The fourth-order valence-electron chi connectivity index (χ4n) is 4.27. The molecule has 0 saturated carbocycles. The number of nitrogens with zero attached hydrogens (tertiary/aromatic N) is 3. The third-order valence-corrected chi connectivity index (χ3v) is 5.57. The molecule has 24 heavy (non-hydrogen) atoms. The molecule has 0 aromatic carbocycles. The maximum Gasteiger partial charge on any atom is 0.226 e. The summed E-state index contributed by atoms with van der Waals surface area (Å²) in [4.78, 5) is 33.3. The summed E-state index contributed by atoms with van der Waals surface area (Å²) in [6, 6.07) is 4.10. The van der Waals surface area contributed by atoms with Crippen LogP contribution >= 0.6 is 0 Å². The fraction of sp³-hybridized carbons (Fsp3) is 0.611. The third-order valence-electron chi connectivity index (χ3n) is 5.57. The minimum absolute atomic E-state index is 0.0506. The van der Waals surface area contributed by atoms with Gasteiger partial charge in [0.25, 0.3) is 0 Å². The van der Waals surface area contributed by atoms with E-state index in [0.29, 0.717) is 26.2 Å². The summed E-state index contributed by atoms with van der Waals surface area (Å²) in [6.07, 6.45) is 6.47. The molecule has 6 heteroatoms. The number of likely N-dealkylation sites (tertiary alicyclic amines) is 2. The van der Waals surface area contributed by atoms with E-state index in [9.17, 15) is 9.59 Å². The molecule has 0 bridgehead atoms. The van der Waals surface area contributed by atoms with Crippen molar-refractivity contribution in [3.05, 3.63) is 30.1 Å². The van der Waals surface area contributed by atoms with Crippen molar-refractivity contribution in [2.24, 2.45) is 5.92 Å². The summed E-state index contributed by atoms with van der Waals surface area (Å²) >= 11 is 0. The van der Waals surface area contributed by atoms with Gasteiger partial charge in [0.2, 0.25) is 11.8 Å². The lowest BCUT2D eigenvalue weighted by molar-refractivity contribution is -0.139. The molecule has 128 valence electrons. The van der Waals surface area contributed by atoms with Crippen molar-refractivity contribution in [2.75, 3.05) is 19.8 Å². The highest BCUT2D eigenvalue weighted by Gasteiger charge is 2.49. The number of aromatic nitrogens is 1. The van der Waals surface area contributed by atoms with Gasteiger partial charge in [0.1, 0.15) is 0 Å². The quantitative estimate of drug-likeness (QED) is 0.836. The molecule has 3 fully saturated rings. The molecule has 4 rings (SSSR count). The average Bonchev–Trinajstić information content (AvgIpc) is 3.16. The molecule has 0 N–H and O–H groups in total. The van der Waals surface area contributed by atoms with Crippen molar-refractivity contribution in [3.63, 3.8) is 0 Å². The predicted molar refractivity (Wildman–Crippen MR) is 86.9 cm³/mol. The van der Waals surface area contributed by atoms with Crippen molar-refractivity contribution in [1.82, 2.24) is 14.8 Å². The Kier molecular flexibility index (Phi) is 4.22. The van der Waals surface area contributed by atoms with Crippen molar-refractivity contribution >= 4 is 11.8 Å². The largest absolute Gasteiger partial charge is 0.381 e. The van der Waals surface area contributed by atoms with Gasteiger partial charge in [0.05, 0.1) is 12.1 Å². The smallest absolute Gasteiger partial charge is 0.226 e. The van der Waals surface area contributed by atoms with Crippen LogP contribution in [0.4, 0.5) is 0 Å². The number of hydrogen-bond acceptors (Lipinski definition) is 4. The van der Waals surface area contributed by atoms with Gasteiger partial charge in [-0.1, -0.05) is 0 Å². The van der Waals surface area contributed by atoms with Gasteiger partial charge >= 0.3 is 0 Å². The summed E-state index contributed by atoms with van der Waals surface area (Å²) in [5.74, 6) is 0.456. The molecule has 1 aromatic heterocycles. The molecule has 0 spiro atoms. The average molecular weight is 329 g/mol. The summed E-state index contributed by atoms with van der Waals surface area (Å²) in [5.41, 5.74) is 1.09. The predicted octanol–water partition coefficient (Wildman–Crippen LogP) is 1.21. The van der Waals surface area contributed by atoms with Gasteiger partial charge in [-0.15, -0.1) is 0 Å². The second kappa shape index (κ2) is 6.51. The molecular formula is C18H23N3O3. The summed E-state index contributed by atoms with van der Waals surface area (Å²) in [7, 11) is 0. The van der Waals surface area contributed by atoms with E-state index in [2.05, 4.69) is 4.98 Å². The van der Waals surface area contributed by atoms with E-state index in [1.165, 1.54) is 0 Å². The highest BCUT2D eigenvalue weighted by atomic mass is 16.5. The number of hydrogen-bond donors (Lipinski definition) is 0. The Morgan fingerprint density at radius 3 is 2.67 bits per heavy atom. The Labute approximate surface area is 141 Å². The van der Waals surface area contributed by atoms with Gasteiger partial charge < -0.3 is 14.5 Å². The van der Waals surface area contributed by atoms with E-state index < -0.39 is 0 Å². The number of amides is 2. The molecule has 2 atom stereocenters. The molecule has 1 aromatic rings. The van der Waals surface area contributed by atoms with Crippen molar-refractivity contribution in [2.45, 2.75) is 44.3 Å². The van der Waals surface area contributed by atoms with E-state index in [0.717, 1.165) is 31.4 Å². The lowest BCUT2D eigenvalue weighted by Gasteiger charge is -2.30. The highest BCUT2D eigenvalue weighted by Crippen LogP contribution is 2.35. The minimum Gasteiger partial charge on any atom is -0.381 e. The Bertz CT molecular complexity index is 615. The second-order valence-corrected chi connectivity index (χ2v) is 6.92. The van der Waals surface area contributed by atoms with Gasteiger partial charge in [0, 0.05) is 51.0 Å². The van der Waals surface area contributed by atoms with Gasteiger partial charge in [-0.2, -0.15) is 0 Å². The lowest BCUT2D eigenvalue weighted by atomic mass is 9.98. The van der Waals surface area contributed by atoms with E-state index in [4.69, 9.17) is 4.74 Å². The number of carbonyl (C=O) groups excluding carboxylic acids is 2. The van der Waals surface area contributed by atoms with Crippen LogP contribution in [-0.4, -0.2) is 58.4 Å². The van der Waals surface area contributed by atoms with Crippen molar-refractivity contribution in [3.8, 4) is 0 Å². The zero-order valence-electron chi connectivity index (χ0n) is 13.8. The van der Waals surface area contributed by atoms with E-state index in [-0.39, 0.29) is 29.8 Å². The molecule has 2 amide bonds. The van der Waals surface area contributed by atoms with Crippen LogP contribution in [0.25, 0.3) is 0 Å². The first kappa shape index (κ1) is 15.6. The summed E-state index contributed by atoms with van der Waals surface area (Å²) < 4.78 is 5.36. The summed E-state index contributed by atoms with van der Waals surface area (Å²) in [6.45, 7) is 2.73. The first-order valence-corrected chi connectivity index (χ1v) is 8.80. The van der Waals surface area contributed by atoms with Gasteiger partial charge in [-0.25, -0.2) is 0 Å². The van der Waals surface area contributed by atoms with Crippen LogP contribution in [0.15, 0.2) is 24.5 Å². The highest BCUT2D eigenvalue weighted by molar-refractivity contribution is 5.84. The third kappa shape index (κ3) is 2.79. The number of fused-ring (bicyclic) bond motifs is 1.